The Balaban J connectivity index is 2.31. The molecule has 0 saturated carbocycles. The maximum atomic E-state index is 11.8. The number of nitrogens with zero attached hydrogens (tertiary/aromatic N) is 2. The zero-order valence-corrected chi connectivity index (χ0v) is 8.75. The van der Waals surface area contributed by atoms with Gasteiger partial charge in [0.05, 0.1) is 12.1 Å². The molecule has 1 atom stereocenters. The van der Waals surface area contributed by atoms with Gasteiger partial charge < -0.3 is 4.74 Å². The SMILES string of the molecule is CN1C(=O)C(c2ccccc2)O/C1=C/C#N. The Kier molecular flexibility index (Phi) is 2.61. The third-order valence-electron chi connectivity index (χ3n) is 2.41. The Bertz CT molecular complexity index is 474. The number of amides is 1. The molecular formula is C12H10N2O2. The normalized spacial score (nSPS) is 22.0. The molecule has 0 aromatic heterocycles. The molecule has 1 aliphatic rings. The van der Waals surface area contributed by atoms with Crippen molar-refractivity contribution in [3.63, 3.8) is 0 Å². The second-order valence-electron chi connectivity index (χ2n) is 3.42. The summed E-state index contributed by atoms with van der Waals surface area (Å²) in [5, 5.41) is 8.54. The van der Waals surface area contributed by atoms with E-state index >= 15 is 0 Å². The summed E-state index contributed by atoms with van der Waals surface area (Å²) in [6.45, 7) is 0. The van der Waals surface area contributed by atoms with Gasteiger partial charge in [-0.3, -0.25) is 9.69 Å². The minimum Gasteiger partial charge on any atom is -0.460 e. The molecule has 4 nitrogen and oxygen atoms in total. The maximum Gasteiger partial charge on any atom is 0.274 e. The van der Waals surface area contributed by atoms with E-state index in [9.17, 15) is 4.79 Å². The van der Waals surface area contributed by atoms with E-state index in [4.69, 9.17) is 10.00 Å². The third-order valence-corrected chi connectivity index (χ3v) is 2.41. The molecule has 1 heterocycles. The van der Waals surface area contributed by atoms with Crippen molar-refractivity contribution in [2.24, 2.45) is 0 Å². The highest BCUT2D eigenvalue weighted by Crippen LogP contribution is 2.30. The number of ether oxygens (including phenoxy) is 1. The minimum atomic E-state index is -0.634. The predicted molar refractivity (Wildman–Crippen MR) is 56.7 cm³/mol. The Morgan fingerprint density at radius 3 is 2.75 bits per heavy atom. The average molecular weight is 214 g/mol. The van der Waals surface area contributed by atoms with Crippen LogP contribution >= 0.6 is 0 Å². The first kappa shape index (κ1) is 10.2. The quantitative estimate of drug-likeness (QED) is 0.667. The smallest absolute Gasteiger partial charge is 0.274 e. The number of rotatable bonds is 1. The summed E-state index contributed by atoms with van der Waals surface area (Å²) < 4.78 is 5.43. The zero-order chi connectivity index (χ0) is 11.5. The number of likely N-dealkylation sites (N-methyl/N-ethyl adjacent to an activating group) is 1. The third kappa shape index (κ3) is 1.63. The monoisotopic (exact) mass is 214 g/mol. The van der Waals surface area contributed by atoms with Crippen molar-refractivity contribution >= 4 is 5.91 Å². The van der Waals surface area contributed by atoms with Crippen LogP contribution in [-0.4, -0.2) is 17.9 Å². The summed E-state index contributed by atoms with van der Waals surface area (Å²) >= 11 is 0. The van der Waals surface area contributed by atoms with Crippen LogP contribution in [0.4, 0.5) is 0 Å². The van der Waals surface area contributed by atoms with Gasteiger partial charge in [0.1, 0.15) is 0 Å². The van der Waals surface area contributed by atoms with E-state index in [0.29, 0.717) is 5.88 Å². The highest BCUT2D eigenvalue weighted by Gasteiger charge is 2.36. The molecule has 0 radical (unpaired) electrons. The van der Waals surface area contributed by atoms with E-state index in [0.717, 1.165) is 5.56 Å². The summed E-state index contributed by atoms with van der Waals surface area (Å²) in [5.74, 6) is 0.133. The molecule has 0 bridgehead atoms. The summed E-state index contributed by atoms with van der Waals surface area (Å²) in [4.78, 5) is 13.2. The van der Waals surface area contributed by atoms with Crippen LogP contribution in [0.25, 0.3) is 0 Å². The first-order valence-electron chi connectivity index (χ1n) is 4.83. The fourth-order valence-corrected chi connectivity index (χ4v) is 1.56. The Morgan fingerprint density at radius 2 is 2.12 bits per heavy atom. The van der Waals surface area contributed by atoms with Crippen LogP contribution in [0.1, 0.15) is 11.7 Å². The molecule has 4 heteroatoms. The molecule has 2 rings (SSSR count). The molecule has 1 unspecified atom stereocenters. The highest BCUT2D eigenvalue weighted by molar-refractivity contribution is 5.85. The second kappa shape index (κ2) is 4.07. The van der Waals surface area contributed by atoms with Crippen LogP contribution in [0.2, 0.25) is 0 Å². The van der Waals surface area contributed by atoms with Crippen molar-refractivity contribution in [2.45, 2.75) is 6.10 Å². The van der Waals surface area contributed by atoms with Crippen LogP contribution in [0.3, 0.4) is 0 Å². The van der Waals surface area contributed by atoms with Crippen molar-refractivity contribution in [1.82, 2.24) is 4.90 Å². The molecule has 16 heavy (non-hydrogen) atoms. The number of carbonyl (C=O) groups excluding carboxylic acids is 1. The van der Waals surface area contributed by atoms with Gasteiger partial charge in [-0.2, -0.15) is 5.26 Å². The standard InChI is InChI=1S/C12H10N2O2/c1-14-10(7-8-13)16-11(12(14)15)9-5-3-2-4-6-9/h2-7,11H,1H3/b10-7+. The van der Waals surface area contributed by atoms with E-state index in [1.165, 1.54) is 11.0 Å². The Labute approximate surface area is 93.4 Å². The van der Waals surface area contributed by atoms with E-state index in [1.54, 1.807) is 7.05 Å². The Hall–Kier alpha value is -2.28. The number of hydrogen-bond acceptors (Lipinski definition) is 3. The summed E-state index contributed by atoms with van der Waals surface area (Å²) in [5.41, 5.74) is 0.792. The van der Waals surface area contributed by atoms with Gasteiger partial charge in [0.25, 0.3) is 5.91 Å². The molecule has 1 saturated heterocycles. The lowest BCUT2D eigenvalue weighted by molar-refractivity contribution is -0.129. The number of allylic oxidation sites excluding steroid dienone is 1. The van der Waals surface area contributed by atoms with Gasteiger partial charge in [-0.15, -0.1) is 0 Å². The molecule has 1 amide bonds. The average Bonchev–Trinajstić information content (AvgIpc) is 2.59. The Morgan fingerprint density at radius 1 is 1.44 bits per heavy atom. The molecule has 0 spiro atoms. The number of hydrogen-bond donors (Lipinski definition) is 0. The fraction of sp³-hybridized carbons (Fsp3) is 0.167. The first-order chi connectivity index (χ1) is 7.74. The lowest BCUT2D eigenvalue weighted by Gasteiger charge is -2.06. The first-order valence-corrected chi connectivity index (χ1v) is 4.83. The van der Waals surface area contributed by atoms with Gasteiger partial charge in [-0.05, 0) is 0 Å². The van der Waals surface area contributed by atoms with Crippen molar-refractivity contribution in [3.8, 4) is 6.07 Å². The fourth-order valence-electron chi connectivity index (χ4n) is 1.56. The van der Waals surface area contributed by atoms with E-state index in [2.05, 4.69) is 0 Å². The lowest BCUT2D eigenvalue weighted by atomic mass is 10.1. The van der Waals surface area contributed by atoms with Crippen LogP contribution in [0.15, 0.2) is 42.3 Å². The minimum absolute atomic E-state index is 0.160. The topological polar surface area (TPSA) is 53.3 Å². The molecule has 1 aromatic carbocycles. The van der Waals surface area contributed by atoms with E-state index in [1.807, 2.05) is 36.4 Å². The summed E-state index contributed by atoms with van der Waals surface area (Å²) in [6.07, 6.45) is 0.590. The van der Waals surface area contributed by atoms with Crippen molar-refractivity contribution < 1.29 is 9.53 Å². The molecule has 0 N–H and O–H groups in total. The van der Waals surface area contributed by atoms with Crippen LogP contribution in [0.5, 0.6) is 0 Å². The molecule has 1 aromatic rings. The second-order valence-corrected chi connectivity index (χ2v) is 3.42. The van der Waals surface area contributed by atoms with Gasteiger partial charge in [0, 0.05) is 12.6 Å². The molecule has 1 fully saturated rings. The molecule has 80 valence electrons. The summed E-state index contributed by atoms with van der Waals surface area (Å²) in [6, 6.07) is 11.1. The number of benzene rings is 1. The summed E-state index contributed by atoms with van der Waals surface area (Å²) in [7, 11) is 1.59. The largest absolute Gasteiger partial charge is 0.460 e. The molecule has 1 aliphatic heterocycles. The molecule has 0 aliphatic carbocycles. The number of carbonyl (C=O) groups is 1. The van der Waals surface area contributed by atoms with Gasteiger partial charge in [0.2, 0.25) is 12.0 Å². The number of nitriles is 1. The van der Waals surface area contributed by atoms with E-state index in [-0.39, 0.29) is 5.91 Å². The van der Waals surface area contributed by atoms with Crippen molar-refractivity contribution in [2.75, 3.05) is 7.05 Å². The van der Waals surface area contributed by atoms with Crippen molar-refractivity contribution in [3.05, 3.63) is 47.9 Å². The zero-order valence-electron chi connectivity index (χ0n) is 8.75. The van der Waals surface area contributed by atoms with E-state index < -0.39 is 6.10 Å². The lowest BCUT2D eigenvalue weighted by Crippen LogP contribution is -2.20. The predicted octanol–water partition coefficient (Wildman–Crippen LogP) is 1.58. The van der Waals surface area contributed by atoms with Gasteiger partial charge in [-0.25, -0.2) is 0 Å². The van der Waals surface area contributed by atoms with Crippen LogP contribution < -0.4 is 0 Å². The van der Waals surface area contributed by atoms with Gasteiger partial charge in [-0.1, -0.05) is 30.3 Å². The maximum absolute atomic E-state index is 11.8. The van der Waals surface area contributed by atoms with Gasteiger partial charge in [0.15, 0.2) is 0 Å². The van der Waals surface area contributed by atoms with Crippen LogP contribution in [0, 0.1) is 11.3 Å². The van der Waals surface area contributed by atoms with Crippen LogP contribution in [-0.2, 0) is 9.53 Å². The highest BCUT2D eigenvalue weighted by atomic mass is 16.5. The van der Waals surface area contributed by atoms with Gasteiger partial charge >= 0.3 is 0 Å². The van der Waals surface area contributed by atoms with Crippen molar-refractivity contribution in [1.29, 1.82) is 5.26 Å². The molecular weight excluding hydrogens is 204 g/mol.